The van der Waals surface area contributed by atoms with Crippen molar-refractivity contribution in [2.75, 3.05) is 25.0 Å². The lowest BCUT2D eigenvalue weighted by Gasteiger charge is -2.28. The number of carbonyl (C=O) groups is 1. The summed E-state index contributed by atoms with van der Waals surface area (Å²) in [6.07, 6.45) is 3.87. The summed E-state index contributed by atoms with van der Waals surface area (Å²) in [6.45, 7) is 2.94. The first kappa shape index (κ1) is 20.7. The zero-order valence-electron chi connectivity index (χ0n) is 16.9. The summed E-state index contributed by atoms with van der Waals surface area (Å²) in [5.74, 6) is 0.828. The van der Waals surface area contributed by atoms with E-state index in [1.54, 1.807) is 34.1 Å². The summed E-state index contributed by atoms with van der Waals surface area (Å²) in [6, 6.07) is 3.94. The number of aromatic nitrogens is 3. The summed E-state index contributed by atoms with van der Waals surface area (Å²) in [7, 11) is 0. The van der Waals surface area contributed by atoms with Gasteiger partial charge in [0.25, 0.3) is 0 Å². The van der Waals surface area contributed by atoms with E-state index in [1.807, 2.05) is 19.1 Å². The standard InChI is InChI=1S/C21H22ClN5O2S2/c1-2-27(5-6-28)21(29)11-3-4-12-16(7-11)30-20-18(12)19(23-10-24-20)25-14-9-17-15(26-31-17)8-13(14)22/h8-11,26,28H,2-7H2,1H3,(H,23,24,25)/t11-/m0/s1. The number of rotatable bonds is 6. The Bertz CT molecular complexity index is 1260. The molecule has 1 atom stereocenters. The summed E-state index contributed by atoms with van der Waals surface area (Å²) in [5.41, 5.74) is 3.09. The molecule has 162 valence electrons. The third-order valence-electron chi connectivity index (χ3n) is 5.85. The molecule has 1 amide bonds. The van der Waals surface area contributed by atoms with Crippen molar-refractivity contribution in [2.24, 2.45) is 5.92 Å². The van der Waals surface area contributed by atoms with Crippen molar-refractivity contribution in [3.05, 3.63) is 33.9 Å². The Labute approximate surface area is 192 Å². The van der Waals surface area contributed by atoms with Crippen molar-refractivity contribution >= 4 is 72.3 Å². The average Bonchev–Trinajstić information content (AvgIpc) is 3.14. The van der Waals surface area contributed by atoms with Crippen LogP contribution < -0.4 is 5.32 Å². The molecular formula is C21H22ClN5O2S2. The Morgan fingerprint density at radius 3 is 3.03 bits per heavy atom. The quantitative estimate of drug-likeness (QED) is 0.379. The van der Waals surface area contributed by atoms with E-state index in [0.717, 1.165) is 44.8 Å². The van der Waals surface area contributed by atoms with E-state index in [1.165, 1.54) is 10.4 Å². The summed E-state index contributed by atoms with van der Waals surface area (Å²) in [5, 5.41) is 14.3. The summed E-state index contributed by atoms with van der Waals surface area (Å²) >= 11 is 9.68. The molecule has 5 rings (SSSR count). The lowest BCUT2D eigenvalue weighted by Crippen LogP contribution is -2.39. The van der Waals surface area contributed by atoms with Crippen molar-refractivity contribution in [3.63, 3.8) is 0 Å². The van der Waals surface area contributed by atoms with E-state index in [0.29, 0.717) is 24.5 Å². The Morgan fingerprint density at radius 2 is 2.29 bits per heavy atom. The molecule has 3 heterocycles. The van der Waals surface area contributed by atoms with Crippen LogP contribution in [0, 0.1) is 5.92 Å². The number of carbonyl (C=O) groups excluding carboxylic acids is 1. The number of amides is 1. The van der Waals surface area contributed by atoms with Gasteiger partial charge in [-0.2, -0.15) is 0 Å². The van der Waals surface area contributed by atoms with Gasteiger partial charge in [0.1, 0.15) is 17.0 Å². The number of benzene rings is 1. The van der Waals surface area contributed by atoms with Gasteiger partial charge in [-0.1, -0.05) is 23.1 Å². The zero-order chi connectivity index (χ0) is 21.5. The largest absolute Gasteiger partial charge is 0.395 e. The molecular weight excluding hydrogens is 454 g/mol. The van der Waals surface area contributed by atoms with E-state index in [4.69, 9.17) is 11.6 Å². The molecule has 0 saturated heterocycles. The highest BCUT2D eigenvalue weighted by atomic mass is 35.5. The first-order valence-electron chi connectivity index (χ1n) is 10.3. The Balaban J connectivity index is 1.46. The third-order valence-corrected chi connectivity index (χ3v) is 8.21. The normalized spacial score (nSPS) is 16.0. The number of likely N-dealkylation sites (N-methyl/N-ethyl adjacent to an activating group) is 1. The number of nitrogens with zero attached hydrogens (tertiary/aromatic N) is 3. The van der Waals surface area contributed by atoms with Crippen LogP contribution in [-0.2, 0) is 17.6 Å². The number of aromatic amines is 1. The lowest BCUT2D eigenvalue weighted by atomic mass is 9.87. The maximum absolute atomic E-state index is 12.9. The van der Waals surface area contributed by atoms with Gasteiger partial charge in [0, 0.05) is 23.9 Å². The number of fused-ring (bicyclic) bond motifs is 4. The van der Waals surface area contributed by atoms with Crippen molar-refractivity contribution < 1.29 is 9.90 Å². The molecule has 10 heteroatoms. The molecule has 0 aliphatic heterocycles. The van der Waals surface area contributed by atoms with Crippen molar-refractivity contribution in [3.8, 4) is 0 Å². The molecule has 0 bridgehead atoms. The van der Waals surface area contributed by atoms with Gasteiger partial charge in [0.2, 0.25) is 5.91 Å². The van der Waals surface area contributed by atoms with Crippen LogP contribution in [0.1, 0.15) is 23.8 Å². The van der Waals surface area contributed by atoms with Crippen LogP contribution in [0.15, 0.2) is 18.5 Å². The maximum Gasteiger partial charge on any atom is 0.226 e. The van der Waals surface area contributed by atoms with Crippen molar-refractivity contribution in [1.82, 2.24) is 19.2 Å². The van der Waals surface area contributed by atoms with Crippen LogP contribution in [-0.4, -0.2) is 50.0 Å². The minimum atomic E-state index is -0.0524. The summed E-state index contributed by atoms with van der Waals surface area (Å²) in [4.78, 5) is 25.8. The number of aryl methyl sites for hydroxylation is 1. The van der Waals surface area contributed by atoms with Gasteiger partial charge < -0.3 is 19.7 Å². The van der Waals surface area contributed by atoms with Gasteiger partial charge in [0.05, 0.1) is 32.9 Å². The molecule has 1 aromatic carbocycles. The lowest BCUT2D eigenvalue weighted by molar-refractivity contribution is -0.136. The van der Waals surface area contributed by atoms with Crippen LogP contribution in [0.4, 0.5) is 11.5 Å². The Kier molecular flexibility index (Phi) is 5.60. The highest BCUT2D eigenvalue weighted by Gasteiger charge is 2.31. The number of halogens is 1. The Morgan fingerprint density at radius 1 is 1.42 bits per heavy atom. The Hall–Kier alpha value is -2.20. The van der Waals surface area contributed by atoms with Gasteiger partial charge in [-0.3, -0.25) is 4.79 Å². The molecule has 0 fully saturated rings. The van der Waals surface area contributed by atoms with Gasteiger partial charge in [-0.05, 0) is 43.9 Å². The first-order valence-corrected chi connectivity index (χ1v) is 12.3. The smallest absolute Gasteiger partial charge is 0.226 e. The zero-order valence-corrected chi connectivity index (χ0v) is 19.3. The number of nitrogens with one attached hydrogen (secondary N) is 2. The topological polar surface area (TPSA) is 94.1 Å². The molecule has 0 saturated carbocycles. The highest BCUT2D eigenvalue weighted by Crippen LogP contribution is 2.41. The van der Waals surface area contributed by atoms with Gasteiger partial charge in [0.15, 0.2) is 0 Å². The fourth-order valence-electron chi connectivity index (χ4n) is 4.22. The second kappa shape index (κ2) is 8.38. The monoisotopic (exact) mass is 475 g/mol. The molecule has 1 aliphatic carbocycles. The highest BCUT2D eigenvalue weighted by molar-refractivity contribution is 7.19. The second-order valence-corrected chi connectivity index (χ2v) is 9.98. The molecule has 31 heavy (non-hydrogen) atoms. The molecule has 0 unspecified atom stereocenters. The molecule has 1 aliphatic rings. The number of anilines is 2. The van der Waals surface area contributed by atoms with Gasteiger partial charge >= 0.3 is 0 Å². The first-order chi connectivity index (χ1) is 15.1. The van der Waals surface area contributed by atoms with Gasteiger partial charge in [-0.25, -0.2) is 9.97 Å². The van der Waals surface area contributed by atoms with E-state index in [2.05, 4.69) is 19.7 Å². The SMILES string of the molecule is CCN(CCO)C(=O)[C@H]1CCc2c(sc3ncnc(Nc4cc5s[nH]c5cc4Cl)c23)C1. The molecule has 4 aromatic rings. The van der Waals surface area contributed by atoms with Crippen LogP contribution in [0.3, 0.4) is 0 Å². The van der Waals surface area contributed by atoms with E-state index < -0.39 is 0 Å². The molecule has 3 aromatic heterocycles. The number of hydrogen-bond donors (Lipinski definition) is 3. The number of aliphatic hydroxyl groups is 1. The predicted molar refractivity (Wildman–Crippen MR) is 127 cm³/mol. The van der Waals surface area contributed by atoms with Crippen LogP contribution >= 0.6 is 34.5 Å². The number of hydrogen-bond acceptors (Lipinski definition) is 7. The third kappa shape index (κ3) is 3.69. The number of thiophene rings is 1. The second-order valence-electron chi connectivity index (χ2n) is 7.64. The predicted octanol–water partition coefficient (Wildman–Crippen LogP) is 4.58. The van der Waals surface area contributed by atoms with E-state index in [-0.39, 0.29) is 18.4 Å². The minimum absolute atomic E-state index is 0.00905. The van der Waals surface area contributed by atoms with Crippen molar-refractivity contribution in [1.29, 1.82) is 0 Å². The fraction of sp³-hybridized carbons (Fsp3) is 0.381. The van der Waals surface area contributed by atoms with Crippen molar-refractivity contribution in [2.45, 2.75) is 26.2 Å². The van der Waals surface area contributed by atoms with Crippen LogP contribution in [0.2, 0.25) is 5.02 Å². The molecule has 7 nitrogen and oxygen atoms in total. The van der Waals surface area contributed by atoms with E-state index >= 15 is 0 Å². The maximum atomic E-state index is 12.9. The van der Waals surface area contributed by atoms with Crippen LogP contribution in [0.25, 0.3) is 20.4 Å². The summed E-state index contributed by atoms with van der Waals surface area (Å²) < 4.78 is 4.30. The fourth-order valence-corrected chi connectivity index (χ4v) is 6.33. The molecule has 0 radical (unpaired) electrons. The van der Waals surface area contributed by atoms with Crippen LogP contribution in [0.5, 0.6) is 0 Å². The van der Waals surface area contributed by atoms with E-state index in [9.17, 15) is 9.90 Å². The van der Waals surface area contributed by atoms with Gasteiger partial charge in [-0.15, -0.1) is 11.3 Å². The molecule has 3 N–H and O–H groups in total. The average molecular weight is 476 g/mol. The molecule has 0 spiro atoms. The number of H-pyrrole nitrogens is 1. The number of aliphatic hydroxyl groups excluding tert-OH is 1. The minimum Gasteiger partial charge on any atom is -0.395 e.